The van der Waals surface area contributed by atoms with E-state index >= 15 is 0 Å². The second-order valence-corrected chi connectivity index (χ2v) is 9.13. The number of carboxylic acids is 1. The Labute approximate surface area is 199 Å². The highest BCUT2D eigenvalue weighted by Crippen LogP contribution is 2.44. The summed E-state index contributed by atoms with van der Waals surface area (Å²) >= 11 is 0. The molecule has 2 aromatic carbocycles. The molecule has 0 aromatic heterocycles. The number of alkyl carbamates (subject to hydrolysis) is 1. The molecule has 7 heteroatoms. The molecule has 2 aliphatic carbocycles. The van der Waals surface area contributed by atoms with Gasteiger partial charge >= 0.3 is 12.1 Å². The number of carboxylic acid groups (broad SMARTS) is 1. The van der Waals surface area contributed by atoms with Gasteiger partial charge in [-0.15, -0.1) is 0 Å². The first-order valence-corrected chi connectivity index (χ1v) is 11.6. The molecule has 0 heterocycles. The van der Waals surface area contributed by atoms with Crippen LogP contribution in [0.3, 0.4) is 0 Å². The number of rotatable bonds is 7. The maximum atomic E-state index is 12.8. The molecule has 3 unspecified atom stereocenters. The summed E-state index contributed by atoms with van der Waals surface area (Å²) in [5, 5.41) is 12.0. The van der Waals surface area contributed by atoms with Crippen molar-refractivity contribution in [3.8, 4) is 11.1 Å². The summed E-state index contributed by atoms with van der Waals surface area (Å²) in [6, 6.07) is 16.0. The topological polar surface area (TPSA) is 95.9 Å². The number of fused-ring (bicyclic) bond motifs is 3. The molecule has 34 heavy (non-hydrogen) atoms. The fourth-order valence-corrected chi connectivity index (χ4v) is 4.88. The molecule has 0 saturated carbocycles. The number of carbonyl (C=O) groups excluding carboxylic acids is 2. The Kier molecular flexibility index (Phi) is 7.01. The number of hydrogen-bond donors (Lipinski definition) is 2. The normalized spacial score (nSPS) is 19.6. The summed E-state index contributed by atoms with van der Waals surface area (Å²) in [4.78, 5) is 37.9. The zero-order valence-corrected chi connectivity index (χ0v) is 19.4. The van der Waals surface area contributed by atoms with E-state index in [9.17, 15) is 14.4 Å². The van der Waals surface area contributed by atoms with Gasteiger partial charge in [0, 0.05) is 25.4 Å². The van der Waals surface area contributed by atoms with Crippen LogP contribution in [0.2, 0.25) is 0 Å². The van der Waals surface area contributed by atoms with Gasteiger partial charge in [0.05, 0.1) is 12.0 Å². The van der Waals surface area contributed by atoms with Crippen LogP contribution >= 0.6 is 0 Å². The van der Waals surface area contributed by atoms with Gasteiger partial charge in [0.25, 0.3) is 0 Å². The third-order valence-electron chi connectivity index (χ3n) is 6.67. The number of carbonyl (C=O) groups is 3. The fourth-order valence-electron chi connectivity index (χ4n) is 4.88. The number of nitrogens with one attached hydrogen (secondary N) is 1. The minimum absolute atomic E-state index is 0.0146. The Morgan fingerprint density at radius 1 is 1.09 bits per heavy atom. The van der Waals surface area contributed by atoms with Gasteiger partial charge in [0.1, 0.15) is 6.61 Å². The smallest absolute Gasteiger partial charge is 0.407 e. The van der Waals surface area contributed by atoms with E-state index in [0.717, 1.165) is 11.1 Å². The lowest BCUT2D eigenvalue weighted by Crippen LogP contribution is -2.43. The second kappa shape index (κ2) is 10.1. The van der Waals surface area contributed by atoms with Crippen molar-refractivity contribution in [3.63, 3.8) is 0 Å². The van der Waals surface area contributed by atoms with Gasteiger partial charge in [-0.3, -0.25) is 9.59 Å². The standard InChI is InChI=1S/C27H30N2O5/c1-17(26(31)32)15-29(2)25(30)18-8-7-9-19(14-18)28-27(33)34-16-24-22-12-5-3-10-20(22)21-11-4-6-13-23(21)24/h3-7,9-13,17-19,24H,8,14-16H2,1-2H3,(H,28,33)(H,31,32). The predicted octanol–water partition coefficient (Wildman–Crippen LogP) is 4.04. The van der Waals surface area contributed by atoms with Crippen molar-refractivity contribution in [2.45, 2.75) is 31.7 Å². The lowest BCUT2D eigenvalue weighted by atomic mass is 9.89. The summed E-state index contributed by atoms with van der Waals surface area (Å²) in [7, 11) is 1.62. The summed E-state index contributed by atoms with van der Waals surface area (Å²) < 4.78 is 5.62. The maximum Gasteiger partial charge on any atom is 0.407 e. The third kappa shape index (κ3) is 4.98. The molecule has 2 N–H and O–H groups in total. The van der Waals surface area contributed by atoms with Gasteiger partial charge in [0.2, 0.25) is 5.91 Å². The number of nitrogens with zero attached hydrogens (tertiary/aromatic N) is 1. The number of benzene rings is 2. The Balaban J connectivity index is 1.32. The van der Waals surface area contributed by atoms with Crippen LogP contribution in [0.4, 0.5) is 4.79 Å². The van der Waals surface area contributed by atoms with Gasteiger partial charge in [-0.05, 0) is 35.1 Å². The van der Waals surface area contributed by atoms with E-state index in [1.807, 2.05) is 36.4 Å². The Hall–Kier alpha value is -3.61. The number of allylic oxidation sites excluding steroid dienone is 1. The summed E-state index contributed by atoms with van der Waals surface area (Å²) in [5.41, 5.74) is 4.65. The number of hydrogen-bond acceptors (Lipinski definition) is 4. The van der Waals surface area contributed by atoms with Crippen LogP contribution in [0.1, 0.15) is 36.8 Å². The van der Waals surface area contributed by atoms with Crippen LogP contribution in [-0.2, 0) is 14.3 Å². The first kappa shape index (κ1) is 23.5. The van der Waals surface area contributed by atoms with Crippen LogP contribution in [-0.4, -0.2) is 54.2 Å². The van der Waals surface area contributed by atoms with Crippen LogP contribution in [0.5, 0.6) is 0 Å². The molecule has 0 radical (unpaired) electrons. The van der Waals surface area contributed by atoms with E-state index in [-0.39, 0.29) is 36.9 Å². The van der Waals surface area contributed by atoms with Crippen molar-refractivity contribution in [1.82, 2.24) is 10.2 Å². The van der Waals surface area contributed by atoms with Gasteiger partial charge in [0.15, 0.2) is 0 Å². The van der Waals surface area contributed by atoms with Crippen LogP contribution in [0.25, 0.3) is 11.1 Å². The first-order chi connectivity index (χ1) is 16.3. The average Bonchev–Trinajstić information content (AvgIpc) is 3.16. The molecular formula is C27H30N2O5. The SMILES string of the molecule is CC(CN(C)C(=O)C1CC=CC(NC(=O)OCC2c3ccccc3-c3ccccc32)C1)C(=O)O. The molecule has 0 bridgehead atoms. The van der Waals surface area contributed by atoms with Crippen molar-refractivity contribution in [2.24, 2.45) is 11.8 Å². The summed E-state index contributed by atoms with van der Waals surface area (Å²) in [6.45, 7) is 1.96. The molecule has 0 fully saturated rings. The zero-order chi connectivity index (χ0) is 24.2. The number of aliphatic carboxylic acids is 1. The number of ether oxygens (including phenoxy) is 1. The van der Waals surface area contributed by atoms with E-state index in [0.29, 0.717) is 12.8 Å². The molecule has 178 valence electrons. The molecule has 2 aromatic rings. The highest BCUT2D eigenvalue weighted by Gasteiger charge is 2.31. The molecule has 2 amide bonds. The largest absolute Gasteiger partial charge is 0.481 e. The summed E-state index contributed by atoms with van der Waals surface area (Å²) in [6.07, 6.45) is 4.26. The number of amides is 2. The zero-order valence-electron chi connectivity index (χ0n) is 19.4. The molecule has 2 aliphatic rings. The van der Waals surface area contributed by atoms with Crippen LogP contribution < -0.4 is 5.32 Å². The van der Waals surface area contributed by atoms with Crippen LogP contribution in [0, 0.1) is 11.8 Å². The van der Waals surface area contributed by atoms with Gasteiger partial charge in [-0.2, -0.15) is 0 Å². The lowest BCUT2D eigenvalue weighted by Gasteiger charge is -2.29. The highest BCUT2D eigenvalue weighted by molar-refractivity contribution is 5.81. The van der Waals surface area contributed by atoms with Crippen molar-refractivity contribution in [2.75, 3.05) is 20.2 Å². The maximum absolute atomic E-state index is 12.8. The van der Waals surface area contributed by atoms with Gasteiger partial charge in [-0.1, -0.05) is 67.6 Å². The monoisotopic (exact) mass is 462 g/mol. The first-order valence-electron chi connectivity index (χ1n) is 11.6. The Morgan fingerprint density at radius 3 is 2.32 bits per heavy atom. The predicted molar refractivity (Wildman–Crippen MR) is 128 cm³/mol. The van der Waals surface area contributed by atoms with Gasteiger partial charge < -0.3 is 20.1 Å². The van der Waals surface area contributed by atoms with E-state index in [1.165, 1.54) is 16.0 Å². The van der Waals surface area contributed by atoms with Crippen LogP contribution in [0.15, 0.2) is 60.7 Å². The van der Waals surface area contributed by atoms with Crippen molar-refractivity contribution in [3.05, 3.63) is 71.8 Å². The van der Waals surface area contributed by atoms with E-state index < -0.39 is 18.0 Å². The van der Waals surface area contributed by atoms with Crippen molar-refractivity contribution < 1.29 is 24.2 Å². The quantitative estimate of drug-likeness (QED) is 0.606. The summed E-state index contributed by atoms with van der Waals surface area (Å²) in [5.74, 6) is -2.01. The van der Waals surface area contributed by atoms with E-state index in [2.05, 4.69) is 29.6 Å². The Bertz CT molecular complexity index is 1070. The Morgan fingerprint density at radius 2 is 1.71 bits per heavy atom. The molecular weight excluding hydrogens is 432 g/mol. The minimum Gasteiger partial charge on any atom is -0.481 e. The molecule has 4 rings (SSSR count). The van der Waals surface area contributed by atoms with Crippen molar-refractivity contribution in [1.29, 1.82) is 0 Å². The fraction of sp³-hybridized carbons (Fsp3) is 0.370. The molecule has 0 spiro atoms. The van der Waals surface area contributed by atoms with Gasteiger partial charge in [-0.25, -0.2) is 4.79 Å². The molecule has 0 saturated heterocycles. The second-order valence-electron chi connectivity index (χ2n) is 9.13. The van der Waals surface area contributed by atoms with E-state index in [1.54, 1.807) is 14.0 Å². The average molecular weight is 463 g/mol. The lowest BCUT2D eigenvalue weighted by molar-refractivity contribution is -0.143. The highest BCUT2D eigenvalue weighted by atomic mass is 16.5. The molecule has 7 nitrogen and oxygen atoms in total. The minimum atomic E-state index is -0.932. The molecule has 0 aliphatic heterocycles. The van der Waals surface area contributed by atoms with Crippen molar-refractivity contribution >= 4 is 18.0 Å². The third-order valence-corrected chi connectivity index (χ3v) is 6.67. The van der Waals surface area contributed by atoms with E-state index in [4.69, 9.17) is 9.84 Å². The molecule has 3 atom stereocenters.